The highest BCUT2D eigenvalue weighted by atomic mass is 32.2. The molecular weight excluding hydrogens is 440 g/mol. The summed E-state index contributed by atoms with van der Waals surface area (Å²) in [5, 5.41) is 8.48. The van der Waals surface area contributed by atoms with Gasteiger partial charge in [-0.2, -0.15) is 0 Å². The number of nitrogens with one attached hydrogen (secondary N) is 1. The van der Waals surface area contributed by atoms with Gasteiger partial charge in [-0.05, 0) is 43.3 Å². The molecule has 0 unspecified atom stereocenters. The molecule has 1 saturated heterocycles. The summed E-state index contributed by atoms with van der Waals surface area (Å²) in [6.45, 7) is 4.70. The van der Waals surface area contributed by atoms with E-state index in [1.165, 1.54) is 23.5 Å². The largest absolute Gasteiger partial charge is 0.494 e. The first-order valence-electron chi connectivity index (χ1n) is 9.69. The van der Waals surface area contributed by atoms with E-state index >= 15 is 0 Å². The van der Waals surface area contributed by atoms with Crippen molar-refractivity contribution in [3.05, 3.63) is 42.0 Å². The molecule has 0 atom stereocenters. The predicted octanol–water partition coefficient (Wildman–Crippen LogP) is 2.43. The number of nitrogens with two attached hydrogens (primary N) is 1. The van der Waals surface area contributed by atoms with Crippen LogP contribution in [0.25, 0.3) is 10.2 Å². The number of morpholine rings is 1. The minimum Gasteiger partial charge on any atom is -0.494 e. The van der Waals surface area contributed by atoms with Gasteiger partial charge in [-0.1, -0.05) is 11.3 Å². The summed E-state index contributed by atoms with van der Waals surface area (Å²) in [6, 6.07) is 9.83. The maximum atomic E-state index is 13.1. The van der Waals surface area contributed by atoms with Crippen LogP contribution in [0.5, 0.6) is 5.75 Å². The number of carbonyl (C=O) groups is 1. The van der Waals surface area contributed by atoms with Crippen molar-refractivity contribution in [2.75, 3.05) is 43.1 Å². The fourth-order valence-electron chi connectivity index (χ4n) is 3.33. The van der Waals surface area contributed by atoms with Gasteiger partial charge in [0.15, 0.2) is 5.13 Å². The molecule has 9 nitrogen and oxygen atoms in total. The molecule has 0 spiro atoms. The standard InChI is InChI=1S/C20H22N4O5S2/c1-2-29-13-3-5-16-18(11-13)30-20(22-16)23-19(25)15-12-14(31(21,26)27)4-6-17(15)24-7-9-28-10-8-24/h3-6,11-12H,2,7-10H2,1H3,(H2,21,26,27)(H,22,23,25). The molecule has 1 aliphatic rings. The topological polar surface area (TPSA) is 124 Å². The van der Waals surface area contributed by atoms with Gasteiger partial charge in [-0.25, -0.2) is 18.5 Å². The lowest BCUT2D eigenvalue weighted by Crippen LogP contribution is -2.37. The number of amides is 1. The Labute approximate surface area is 183 Å². The predicted molar refractivity (Wildman–Crippen MR) is 120 cm³/mol. The second-order valence-corrected chi connectivity index (χ2v) is 9.45. The van der Waals surface area contributed by atoms with Crippen LogP contribution in [0.4, 0.5) is 10.8 Å². The van der Waals surface area contributed by atoms with Crippen LogP contribution in [0.3, 0.4) is 0 Å². The van der Waals surface area contributed by atoms with Crippen molar-refractivity contribution in [1.82, 2.24) is 4.98 Å². The van der Waals surface area contributed by atoms with Crippen molar-refractivity contribution in [2.24, 2.45) is 5.14 Å². The summed E-state index contributed by atoms with van der Waals surface area (Å²) < 4.78 is 35.4. The monoisotopic (exact) mass is 462 g/mol. The maximum Gasteiger partial charge on any atom is 0.259 e. The van der Waals surface area contributed by atoms with Crippen LogP contribution in [-0.4, -0.2) is 52.2 Å². The minimum atomic E-state index is -3.96. The van der Waals surface area contributed by atoms with Gasteiger partial charge < -0.3 is 14.4 Å². The van der Waals surface area contributed by atoms with E-state index < -0.39 is 15.9 Å². The van der Waals surface area contributed by atoms with Crippen molar-refractivity contribution >= 4 is 48.3 Å². The Bertz CT molecular complexity index is 1220. The molecule has 3 N–H and O–H groups in total. The Kier molecular flexibility index (Phi) is 6.10. The zero-order valence-electron chi connectivity index (χ0n) is 16.8. The van der Waals surface area contributed by atoms with E-state index in [4.69, 9.17) is 14.6 Å². The average molecular weight is 463 g/mol. The fraction of sp³-hybridized carbons (Fsp3) is 0.300. The number of hydrogen-bond acceptors (Lipinski definition) is 8. The Balaban J connectivity index is 1.67. The summed E-state index contributed by atoms with van der Waals surface area (Å²) in [5.74, 6) is 0.267. The third-order valence-electron chi connectivity index (χ3n) is 4.78. The molecule has 2 heterocycles. The smallest absolute Gasteiger partial charge is 0.259 e. The number of anilines is 2. The van der Waals surface area contributed by atoms with Crippen LogP contribution in [0, 0.1) is 0 Å². The number of carbonyl (C=O) groups excluding carboxylic acids is 1. The molecule has 3 aromatic rings. The molecule has 0 radical (unpaired) electrons. The van der Waals surface area contributed by atoms with Gasteiger partial charge in [0.25, 0.3) is 5.91 Å². The Hall–Kier alpha value is -2.73. The molecule has 1 aliphatic heterocycles. The summed E-state index contributed by atoms with van der Waals surface area (Å²) in [7, 11) is -3.96. The second-order valence-electron chi connectivity index (χ2n) is 6.86. The number of nitrogens with zero attached hydrogens (tertiary/aromatic N) is 2. The summed E-state index contributed by atoms with van der Waals surface area (Å²) >= 11 is 1.31. The number of ether oxygens (including phenoxy) is 2. The van der Waals surface area contributed by atoms with Gasteiger partial charge >= 0.3 is 0 Å². The quantitative estimate of drug-likeness (QED) is 0.576. The van der Waals surface area contributed by atoms with Crippen LogP contribution in [-0.2, 0) is 14.8 Å². The summed E-state index contributed by atoms with van der Waals surface area (Å²) in [5.41, 5.74) is 1.56. The molecule has 11 heteroatoms. The van der Waals surface area contributed by atoms with Gasteiger partial charge in [0.1, 0.15) is 5.75 Å². The Morgan fingerprint density at radius 2 is 2.03 bits per heavy atom. The highest BCUT2D eigenvalue weighted by Crippen LogP contribution is 2.31. The van der Waals surface area contributed by atoms with Gasteiger partial charge in [-0.15, -0.1) is 0 Å². The number of hydrogen-bond donors (Lipinski definition) is 2. The number of fused-ring (bicyclic) bond motifs is 1. The maximum absolute atomic E-state index is 13.1. The minimum absolute atomic E-state index is 0.125. The lowest BCUT2D eigenvalue weighted by Gasteiger charge is -2.30. The molecule has 0 bridgehead atoms. The van der Waals surface area contributed by atoms with Crippen LogP contribution in [0.15, 0.2) is 41.3 Å². The molecule has 0 saturated carbocycles. The highest BCUT2D eigenvalue weighted by molar-refractivity contribution is 7.89. The number of aromatic nitrogens is 1. The molecule has 0 aliphatic carbocycles. The Morgan fingerprint density at radius 3 is 2.74 bits per heavy atom. The normalized spacial score (nSPS) is 14.6. The zero-order valence-corrected chi connectivity index (χ0v) is 18.5. The second kappa shape index (κ2) is 8.79. The lowest BCUT2D eigenvalue weighted by molar-refractivity contribution is 0.102. The molecule has 1 aromatic heterocycles. The van der Waals surface area contributed by atoms with E-state index in [1.54, 1.807) is 6.07 Å². The third kappa shape index (κ3) is 4.79. The van der Waals surface area contributed by atoms with Crippen molar-refractivity contribution in [3.63, 3.8) is 0 Å². The van der Waals surface area contributed by atoms with E-state index in [1.807, 2.05) is 30.0 Å². The molecule has 164 valence electrons. The van der Waals surface area contributed by atoms with Gasteiger partial charge in [-0.3, -0.25) is 10.1 Å². The first-order chi connectivity index (χ1) is 14.8. The molecule has 1 amide bonds. The highest BCUT2D eigenvalue weighted by Gasteiger charge is 2.22. The van der Waals surface area contributed by atoms with Crippen molar-refractivity contribution in [1.29, 1.82) is 0 Å². The van der Waals surface area contributed by atoms with Gasteiger partial charge in [0.05, 0.1) is 40.5 Å². The summed E-state index contributed by atoms with van der Waals surface area (Å²) in [6.07, 6.45) is 0. The van der Waals surface area contributed by atoms with Crippen LogP contribution in [0.1, 0.15) is 17.3 Å². The molecule has 2 aromatic carbocycles. The molecule has 4 rings (SSSR count). The molecule has 31 heavy (non-hydrogen) atoms. The van der Waals surface area contributed by atoms with Crippen LogP contribution >= 0.6 is 11.3 Å². The van der Waals surface area contributed by atoms with E-state index in [0.717, 1.165) is 16.0 Å². The van der Waals surface area contributed by atoms with Crippen molar-refractivity contribution < 1.29 is 22.7 Å². The summed E-state index contributed by atoms with van der Waals surface area (Å²) in [4.78, 5) is 19.4. The van der Waals surface area contributed by atoms with E-state index in [0.29, 0.717) is 43.7 Å². The van der Waals surface area contributed by atoms with Gasteiger partial charge in [0, 0.05) is 18.8 Å². The van der Waals surface area contributed by atoms with Crippen LogP contribution < -0.4 is 20.1 Å². The number of primary sulfonamides is 1. The third-order valence-corrected chi connectivity index (χ3v) is 6.63. The van der Waals surface area contributed by atoms with Crippen molar-refractivity contribution in [2.45, 2.75) is 11.8 Å². The number of sulfonamides is 1. The lowest BCUT2D eigenvalue weighted by atomic mass is 10.1. The first-order valence-corrected chi connectivity index (χ1v) is 12.1. The van der Waals surface area contributed by atoms with E-state index in [-0.39, 0.29) is 10.5 Å². The van der Waals surface area contributed by atoms with Crippen LogP contribution in [0.2, 0.25) is 0 Å². The number of benzene rings is 2. The fourth-order valence-corrected chi connectivity index (χ4v) is 4.76. The SMILES string of the molecule is CCOc1ccc2nc(NC(=O)c3cc(S(N)(=O)=O)ccc3N3CCOCC3)sc2c1. The molecular formula is C20H22N4O5S2. The van der Waals surface area contributed by atoms with Crippen molar-refractivity contribution in [3.8, 4) is 5.75 Å². The Morgan fingerprint density at radius 1 is 1.26 bits per heavy atom. The van der Waals surface area contributed by atoms with E-state index in [9.17, 15) is 13.2 Å². The molecule has 1 fully saturated rings. The number of thiazole rings is 1. The van der Waals surface area contributed by atoms with E-state index in [2.05, 4.69) is 10.3 Å². The zero-order chi connectivity index (χ0) is 22.0. The average Bonchev–Trinajstić information content (AvgIpc) is 3.15. The first kappa shape index (κ1) is 21.5. The number of rotatable bonds is 6. The van der Waals surface area contributed by atoms with Gasteiger partial charge in [0.2, 0.25) is 10.0 Å².